The number of hydrazine groups is 1. The molecule has 1 heterocycles. The number of nitrogen functional groups attached to an aromatic ring is 1. The van der Waals surface area contributed by atoms with Crippen LogP contribution in [0.1, 0.15) is 0 Å². The van der Waals surface area contributed by atoms with Crippen molar-refractivity contribution in [3.05, 3.63) is 51.5 Å². The summed E-state index contributed by atoms with van der Waals surface area (Å²) >= 11 is 5.92. The second kappa shape index (κ2) is 5.51. The summed E-state index contributed by atoms with van der Waals surface area (Å²) in [5.74, 6) is 5.53. The number of halogens is 1. The third-order valence-corrected chi connectivity index (χ3v) is 2.54. The number of nitrogens with one attached hydrogen (secondary N) is 1. The molecule has 0 atom stereocenters. The highest BCUT2D eigenvalue weighted by molar-refractivity contribution is 6.32. The van der Waals surface area contributed by atoms with Crippen LogP contribution in [0.25, 0.3) is 0 Å². The molecule has 19 heavy (non-hydrogen) atoms. The van der Waals surface area contributed by atoms with Crippen LogP contribution in [0.15, 0.2) is 36.4 Å². The summed E-state index contributed by atoms with van der Waals surface area (Å²) in [6.07, 6.45) is 0. The van der Waals surface area contributed by atoms with Crippen molar-refractivity contribution < 1.29 is 9.66 Å². The summed E-state index contributed by atoms with van der Waals surface area (Å²) in [5.41, 5.74) is 2.01. The standard InChI is InChI=1S/C11H9ClN4O3/c12-7-3-1-2-4-9(7)19-11-8(16(17)18)5-6-10(14-11)15-13/h1-6H,13H2,(H,14,15). The molecule has 98 valence electrons. The lowest BCUT2D eigenvalue weighted by atomic mass is 10.3. The Morgan fingerprint density at radius 3 is 2.68 bits per heavy atom. The fourth-order valence-corrected chi connectivity index (χ4v) is 1.53. The first-order chi connectivity index (χ1) is 9.11. The van der Waals surface area contributed by atoms with E-state index in [0.29, 0.717) is 5.02 Å². The molecule has 0 saturated heterocycles. The van der Waals surface area contributed by atoms with E-state index >= 15 is 0 Å². The molecule has 8 heteroatoms. The second-order valence-electron chi connectivity index (χ2n) is 3.45. The number of aromatic nitrogens is 1. The number of anilines is 1. The van der Waals surface area contributed by atoms with Crippen molar-refractivity contribution in [3.8, 4) is 11.6 Å². The van der Waals surface area contributed by atoms with Gasteiger partial charge in [-0.15, -0.1) is 0 Å². The van der Waals surface area contributed by atoms with Crippen LogP contribution in [0.5, 0.6) is 11.6 Å². The monoisotopic (exact) mass is 280 g/mol. The molecule has 0 aliphatic carbocycles. The molecule has 3 N–H and O–H groups in total. The van der Waals surface area contributed by atoms with Crippen molar-refractivity contribution in [1.29, 1.82) is 0 Å². The third kappa shape index (κ3) is 2.90. The number of hydrogen-bond acceptors (Lipinski definition) is 6. The van der Waals surface area contributed by atoms with Crippen LogP contribution in [0, 0.1) is 10.1 Å². The number of nitrogens with zero attached hydrogens (tertiary/aromatic N) is 2. The highest BCUT2D eigenvalue weighted by atomic mass is 35.5. The summed E-state index contributed by atoms with van der Waals surface area (Å²) in [4.78, 5) is 14.2. The van der Waals surface area contributed by atoms with E-state index in [1.54, 1.807) is 24.3 Å². The Morgan fingerprint density at radius 1 is 1.32 bits per heavy atom. The van der Waals surface area contributed by atoms with Crippen molar-refractivity contribution in [2.24, 2.45) is 5.84 Å². The quantitative estimate of drug-likeness (QED) is 0.507. The SMILES string of the molecule is NNc1ccc([N+](=O)[O-])c(Oc2ccccc2Cl)n1. The van der Waals surface area contributed by atoms with Crippen LogP contribution >= 0.6 is 11.6 Å². The summed E-state index contributed by atoms with van der Waals surface area (Å²) < 4.78 is 5.36. The summed E-state index contributed by atoms with van der Waals surface area (Å²) in [6.45, 7) is 0. The number of nitro groups is 1. The summed E-state index contributed by atoms with van der Waals surface area (Å²) in [5, 5.41) is 11.2. The first-order valence-corrected chi connectivity index (χ1v) is 5.54. The Morgan fingerprint density at radius 2 is 2.05 bits per heavy atom. The van der Waals surface area contributed by atoms with Crippen molar-refractivity contribution in [1.82, 2.24) is 4.98 Å². The predicted octanol–water partition coefficient (Wildman–Crippen LogP) is 2.72. The molecule has 0 aliphatic heterocycles. The maximum atomic E-state index is 10.9. The number of pyridine rings is 1. The van der Waals surface area contributed by atoms with Crippen LogP contribution in [0.3, 0.4) is 0 Å². The zero-order valence-corrected chi connectivity index (χ0v) is 10.3. The van der Waals surface area contributed by atoms with E-state index in [0.717, 1.165) is 0 Å². The Balaban J connectivity index is 2.43. The zero-order valence-electron chi connectivity index (χ0n) is 9.54. The molecule has 1 aromatic carbocycles. The van der Waals surface area contributed by atoms with E-state index in [9.17, 15) is 10.1 Å². The lowest BCUT2D eigenvalue weighted by Crippen LogP contribution is -2.09. The van der Waals surface area contributed by atoms with Gasteiger partial charge in [-0.25, -0.2) is 5.84 Å². The van der Waals surface area contributed by atoms with Crippen molar-refractivity contribution >= 4 is 23.1 Å². The molecule has 2 aromatic rings. The molecule has 7 nitrogen and oxygen atoms in total. The van der Waals surface area contributed by atoms with Crippen molar-refractivity contribution in [3.63, 3.8) is 0 Å². The van der Waals surface area contributed by atoms with E-state index in [-0.39, 0.29) is 23.1 Å². The molecule has 0 aliphatic rings. The molecule has 2 rings (SSSR count). The van der Waals surface area contributed by atoms with Gasteiger partial charge in [0, 0.05) is 6.07 Å². The minimum atomic E-state index is -0.598. The van der Waals surface area contributed by atoms with Gasteiger partial charge in [0.05, 0.1) is 9.95 Å². The lowest BCUT2D eigenvalue weighted by Gasteiger charge is -2.08. The average Bonchev–Trinajstić information content (AvgIpc) is 2.41. The number of hydrogen-bond donors (Lipinski definition) is 2. The Labute approximate surface area is 113 Å². The highest BCUT2D eigenvalue weighted by Gasteiger charge is 2.19. The Hall–Kier alpha value is -2.38. The molecule has 0 radical (unpaired) electrons. The van der Waals surface area contributed by atoms with E-state index in [1.807, 2.05) is 0 Å². The number of para-hydroxylation sites is 1. The molecule has 0 fully saturated rings. The van der Waals surface area contributed by atoms with Gasteiger partial charge in [0.15, 0.2) is 0 Å². The van der Waals surface area contributed by atoms with Gasteiger partial charge in [0.1, 0.15) is 11.6 Å². The van der Waals surface area contributed by atoms with Crippen molar-refractivity contribution in [2.75, 3.05) is 5.43 Å². The highest BCUT2D eigenvalue weighted by Crippen LogP contribution is 2.33. The van der Waals surface area contributed by atoms with Gasteiger partial charge in [0.2, 0.25) is 0 Å². The van der Waals surface area contributed by atoms with Crippen LogP contribution in [0.2, 0.25) is 5.02 Å². The van der Waals surface area contributed by atoms with Crippen LogP contribution in [0.4, 0.5) is 11.5 Å². The fraction of sp³-hybridized carbons (Fsp3) is 0. The molecule has 0 unspecified atom stereocenters. The Kier molecular flexibility index (Phi) is 3.79. The maximum absolute atomic E-state index is 10.9. The van der Waals surface area contributed by atoms with Gasteiger partial charge in [-0.3, -0.25) is 10.1 Å². The van der Waals surface area contributed by atoms with Crippen molar-refractivity contribution in [2.45, 2.75) is 0 Å². The van der Waals surface area contributed by atoms with E-state index in [4.69, 9.17) is 22.2 Å². The molecule has 0 bridgehead atoms. The average molecular weight is 281 g/mol. The number of rotatable bonds is 4. The zero-order chi connectivity index (χ0) is 13.8. The number of benzene rings is 1. The van der Waals surface area contributed by atoms with Gasteiger partial charge in [-0.2, -0.15) is 4.98 Å². The van der Waals surface area contributed by atoms with Gasteiger partial charge in [-0.1, -0.05) is 23.7 Å². The lowest BCUT2D eigenvalue weighted by molar-refractivity contribution is -0.386. The van der Waals surface area contributed by atoms with E-state index in [2.05, 4.69) is 10.4 Å². The molecule has 0 amide bonds. The van der Waals surface area contributed by atoms with Gasteiger partial charge >= 0.3 is 11.6 Å². The molecule has 0 saturated carbocycles. The minimum absolute atomic E-state index is 0.187. The van der Waals surface area contributed by atoms with E-state index < -0.39 is 4.92 Å². The number of ether oxygens (including phenoxy) is 1. The largest absolute Gasteiger partial charge is 0.432 e. The molecule has 0 spiro atoms. The van der Waals surface area contributed by atoms with Crippen LogP contribution < -0.4 is 16.0 Å². The second-order valence-corrected chi connectivity index (χ2v) is 3.86. The first-order valence-electron chi connectivity index (χ1n) is 5.16. The van der Waals surface area contributed by atoms with Crippen LogP contribution in [-0.2, 0) is 0 Å². The first kappa shape index (κ1) is 13.1. The summed E-state index contributed by atoms with van der Waals surface area (Å²) in [6, 6.07) is 9.21. The fourth-order valence-electron chi connectivity index (χ4n) is 1.36. The molecule has 1 aromatic heterocycles. The summed E-state index contributed by atoms with van der Waals surface area (Å²) in [7, 11) is 0. The molecular formula is C11H9ClN4O3. The van der Waals surface area contributed by atoms with E-state index in [1.165, 1.54) is 12.1 Å². The Bertz CT molecular complexity index is 621. The normalized spacial score (nSPS) is 10.0. The van der Waals surface area contributed by atoms with Crippen LogP contribution in [-0.4, -0.2) is 9.91 Å². The van der Waals surface area contributed by atoms with Gasteiger partial charge in [-0.05, 0) is 18.2 Å². The van der Waals surface area contributed by atoms with Gasteiger partial charge < -0.3 is 10.2 Å². The van der Waals surface area contributed by atoms with Gasteiger partial charge in [0.25, 0.3) is 0 Å². The topological polar surface area (TPSA) is 103 Å². The maximum Gasteiger partial charge on any atom is 0.331 e. The predicted molar refractivity (Wildman–Crippen MR) is 70.2 cm³/mol. The minimum Gasteiger partial charge on any atom is -0.432 e. The third-order valence-electron chi connectivity index (χ3n) is 2.23. The molecular weight excluding hydrogens is 272 g/mol. The number of nitrogens with two attached hydrogens (primary N) is 1. The smallest absolute Gasteiger partial charge is 0.331 e.